The van der Waals surface area contributed by atoms with Gasteiger partial charge in [0.05, 0.1) is 10.6 Å². The number of carbonyl (C=O) groups is 2. The normalized spacial score (nSPS) is 12.6. The van der Waals surface area contributed by atoms with Gasteiger partial charge in [0.25, 0.3) is 10.0 Å². The predicted octanol–water partition coefficient (Wildman–Crippen LogP) is 6.09. The van der Waals surface area contributed by atoms with E-state index in [1.165, 1.54) is 29.2 Å². The van der Waals surface area contributed by atoms with Gasteiger partial charge >= 0.3 is 0 Å². The highest BCUT2D eigenvalue weighted by atomic mass is 35.5. The summed E-state index contributed by atoms with van der Waals surface area (Å²) >= 11 is 6.03. The quantitative estimate of drug-likeness (QED) is 0.197. The second-order valence-corrected chi connectivity index (χ2v) is 12.6. The van der Waals surface area contributed by atoms with Crippen LogP contribution in [0, 0.1) is 0 Å². The van der Waals surface area contributed by atoms with Crippen LogP contribution in [0.25, 0.3) is 0 Å². The Morgan fingerprint density at radius 1 is 0.791 bits per heavy atom. The molecule has 0 saturated carbocycles. The first-order valence-corrected chi connectivity index (χ1v) is 16.0. The standard InChI is InChI=1S/C34H36ClN3O4S/c1-3-26(2)36-34(40)32(23-27-13-7-4-8-14-27)37(24-28-15-9-5-10-16-28)33(39)25-38(30-17-11-6-12-18-30)43(41,42)31-21-19-29(35)20-22-31/h4-22,26,32H,3,23-25H2,1-2H3,(H,36,40)/t26-,32+/m0/s1. The van der Waals surface area contributed by atoms with E-state index in [2.05, 4.69) is 5.32 Å². The van der Waals surface area contributed by atoms with Crippen LogP contribution in [0.4, 0.5) is 5.69 Å². The zero-order valence-corrected chi connectivity index (χ0v) is 25.8. The van der Waals surface area contributed by atoms with Gasteiger partial charge < -0.3 is 10.2 Å². The van der Waals surface area contributed by atoms with Crippen LogP contribution in [0.2, 0.25) is 5.02 Å². The van der Waals surface area contributed by atoms with Crippen molar-refractivity contribution in [2.45, 2.75) is 50.2 Å². The summed E-state index contributed by atoms with van der Waals surface area (Å²) in [6.07, 6.45) is 0.981. The summed E-state index contributed by atoms with van der Waals surface area (Å²) in [5.41, 5.74) is 2.03. The highest BCUT2D eigenvalue weighted by molar-refractivity contribution is 7.92. The minimum atomic E-state index is -4.17. The van der Waals surface area contributed by atoms with E-state index in [-0.39, 0.29) is 29.8 Å². The molecule has 0 aliphatic rings. The van der Waals surface area contributed by atoms with Crippen molar-refractivity contribution >= 4 is 39.1 Å². The van der Waals surface area contributed by atoms with E-state index < -0.39 is 28.5 Å². The number of rotatable bonds is 13. The van der Waals surface area contributed by atoms with E-state index in [0.29, 0.717) is 10.7 Å². The first-order valence-electron chi connectivity index (χ1n) is 14.2. The third-order valence-corrected chi connectivity index (χ3v) is 9.23. The van der Waals surface area contributed by atoms with Gasteiger partial charge in [-0.05, 0) is 60.9 Å². The van der Waals surface area contributed by atoms with Crippen molar-refractivity contribution in [2.24, 2.45) is 0 Å². The average Bonchev–Trinajstić information content (AvgIpc) is 3.02. The van der Waals surface area contributed by atoms with Gasteiger partial charge in [-0.1, -0.05) is 97.4 Å². The zero-order chi connectivity index (χ0) is 30.8. The van der Waals surface area contributed by atoms with E-state index >= 15 is 0 Å². The second-order valence-electron chi connectivity index (χ2n) is 10.3. The van der Waals surface area contributed by atoms with Gasteiger partial charge in [0, 0.05) is 24.0 Å². The minimum Gasteiger partial charge on any atom is -0.352 e. The number of sulfonamides is 1. The molecule has 4 rings (SSSR count). The first-order chi connectivity index (χ1) is 20.7. The van der Waals surface area contributed by atoms with Crippen LogP contribution in [0.5, 0.6) is 0 Å². The lowest BCUT2D eigenvalue weighted by Gasteiger charge is -2.34. The zero-order valence-electron chi connectivity index (χ0n) is 24.3. The first kappa shape index (κ1) is 31.8. The Balaban J connectivity index is 1.77. The topological polar surface area (TPSA) is 86.8 Å². The molecule has 9 heteroatoms. The smallest absolute Gasteiger partial charge is 0.264 e. The fraction of sp³-hybridized carbons (Fsp3) is 0.235. The maximum atomic E-state index is 14.4. The molecule has 2 atom stereocenters. The fourth-order valence-electron chi connectivity index (χ4n) is 4.63. The van der Waals surface area contributed by atoms with Crippen molar-refractivity contribution in [3.63, 3.8) is 0 Å². The van der Waals surface area contributed by atoms with Crippen molar-refractivity contribution in [1.82, 2.24) is 10.2 Å². The summed E-state index contributed by atoms with van der Waals surface area (Å²) in [4.78, 5) is 29.7. The van der Waals surface area contributed by atoms with Crippen molar-refractivity contribution < 1.29 is 18.0 Å². The Labute approximate surface area is 259 Å². The van der Waals surface area contributed by atoms with Crippen LogP contribution in [-0.4, -0.2) is 43.8 Å². The van der Waals surface area contributed by atoms with Crippen LogP contribution in [0.1, 0.15) is 31.4 Å². The van der Waals surface area contributed by atoms with E-state index in [4.69, 9.17) is 11.6 Å². The van der Waals surface area contributed by atoms with Crippen molar-refractivity contribution in [1.29, 1.82) is 0 Å². The van der Waals surface area contributed by atoms with E-state index in [1.807, 2.05) is 74.5 Å². The summed E-state index contributed by atoms with van der Waals surface area (Å²) in [7, 11) is -4.17. The van der Waals surface area contributed by atoms with Gasteiger partial charge in [-0.15, -0.1) is 0 Å². The summed E-state index contributed by atoms with van der Waals surface area (Å²) in [5.74, 6) is -0.806. The lowest BCUT2D eigenvalue weighted by molar-refractivity contribution is -0.140. The summed E-state index contributed by atoms with van der Waals surface area (Å²) < 4.78 is 29.0. The van der Waals surface area contributed by atoms with Crippen LogP contribution in [0.3, 0.4) is 0 Å². The van der Waals surface area contributed by atoms with Crippen LogP contribution < -0.4 is 9.62 Å². The number of halogens is 1. The number of nitrogens with zero attached hydrogens (tertiary/aromatic N) is 2. The van der Waals surface area contributed by atoms with Crippen LogP contribution in [0.15, 0.2) is 120 Å². The minimum absolute atomic E-state index is 0.00138. The number of hydrogen-bond donors (Lipinski definition) is 1. The molecule has 0 heterocycles. The van der Waals surface area contributed by atoms with Crippen molar-refractivity contribution in [3.05, 3.63) is 131 Å². The molecule has 0 saturated heterocycles. The molecular formula is C34H36ClN3O4S. The molecule has 2 amide bonds. The number of para-hydroxylation sites is 1. The molecule has 0 aromatic heterocycles. The molecule has 4 aromatic carbocycles. The lowest BCUT2D eigenvalue weighted by Crippen LogP contribution is -2.54. The molecule has 4 aromatic rings. The van der Waals surface area contributed by atoms with Gasteiger partial charge in [-0.2, -0.15) is 0 Å². The number of carbonyl (C=O) groups excluding carboxylic acids is 2. The molecule has 224 valence electrons. The molecule has 0 radical (unpaired) electrons. The Kier molecular flexibility index (Phi) is 11.0. The molecule has 0 unspecified atom stereocenters. The fourth-order valence-corrected chi connectivity index (χ4v) is 6.17. The maximum Gasteiger partial charge on any atom is 0.264 e. The van der Waals surface area contributed by atoms with E-state index in [0.717, 1.165) is 21.9 Å². The molecule has 7 nitrogen and oxygen atoms in total. The third kappa shape index (κ3) is 8.46. The largest absolute Gasteiger partial charge is 0.352 e. The SMILES string of the molecule is CC[C@H](C)NC(=O)[C@@H](Cc1ccccc1)N(Cc1ccccc1)C(=O)CN(c1ccccc1)S(=O)(=O)c1ccc(Cl)cc1. The molecule has 0 spiro atoms. The predicted molar refractivity (Wildman–Crippen MR) is 171 cm³/mol. The molecule has 0 bridgehead atoms. The van der Waals surface area contributed by atoms with E-state index in [9.17, 15) is 18.0 Å². The number of anilines is 1. The summed E-state index contributed by atoms with van der Waals surface area (Å²) in [5, 5.41) is 3.44. The number of benzene rings is 4. The van der Waals surface area contributed by atoms with Gasteiger partial charge in [-0.3, -0.25) is 13.9 Å². The second kappa shape index (κ2) is 14.8. The van der Waals surface area contributed by atoms with Crippen molar-refractivity contribution in [2.75, 3.05) is 10.8 Å². The van der Waals surface area contributed by atoms with Gasteiger partial charge in [0.2, 0.25) is 11.8 Å². The Bertz CT molecular complexity index is 1590. The Hall–Kier alpha value is -4.14. The molecule has 0 aliphatic heterocycles. The number of hydrogen-bond acceptors (Lipinski definition) is 4. The van der Waals surface area contributed by atoms with Gasteiger partial charge in [0.1, 0.15) is 12.6 Å². The molecular weight excluding hydrogens is 582 g/mol. The molecule has 43 heavy (non-hydrogen) atoms. The van der Waals surface area contributed by atoms with Gasteiger partial charge in [0.15, 0.2) is 0 Å². The Morgan fingerprint density at radius 3 is 1.88 bits per heavy atom. The van der Waals surface area contributed by atoms with E-state index in [1.54, 1.807) is 30.3 Å². The molecule has 1 N–H and O–H groups in total. The summed E-state index contributed by atoms with van der Waals surface area (Å²) in [6.45, 7) is 3.50. The highest BCUT2D eigenvalue weighted by Crippen LogP contribution is 2.26. The number of amides is 2. The van der Waals surface area contributed by atoms with Crippen LogP contribution in [-0.2, 0) is 32.6 Å². The average molecular weight is 618 g/mol. The Morgan fingerprint density at radius 2 is 1.33 bits per heavy atom. The summed E-state index contributed by atoms with van der Waals surface area (Å²) in [6, 6.07) is 32.2. The van der Waals surface area contributed by atoms with Gasteiger partial charge in [-0.25, -0.2) is 8.42 Å². The monoisotopic (exact) mass is 617 g/mol. The van der Waals surface area contributed by atoms with Crippen molar-refractivity contribution in [3.8, 4) is 0 Å². The third-order valence-electron chi connectivity index (χ3n) is 7.19. The van der Waals surface area contributed by atoms with Crippen LogP contribution >= 0.6 is 11.6 Å². The maximum absolute atomic E-state index is 14.4. The highest BCUT2D eigenvalue weighted by Gasteiger charge is 2.34. The molecule has 0 aliphatic carbocycles. The molecule has 0 fully saturated rings. The lowest BCUT2D eigenvalue weighted by atomic mass is 10.0. The number of nitrogens with one attached hydrogen (secondary N) is 1.